The zero-order valence-corrected chi connectivity index (χ0v) is 13.3. The number of rotatable bonds is 7. The first kappa shape index (κ1) is 15.5. The summed E-state index contributed by atoms with van der Waals surface area (Å²) < 4.78 is 0. The predicted molar refractivity (Wildman–Crippen MR) is 90.1 cm³/mol. The van der Waals surface area contributed by atoms with E-state index in [-0.39, 0.29) is 0 Å². The van der Waals surface area contributed by atoms with Crippen LogP contribution < -0.4 is 10.2 Å². The van der Waals surface area contributed by atoms with Crippen LogP contribution in [0.3, 0.4) is 0 Å². The molecule has 0 unspecified atom stereocenters. The lowest BCUT2D eigenvalue weighted by Gasteiger charge is -2.24. The van der Waals surface area contributed by atoms with Crippen molar-refractivity contribution < 1.29 is 0 Å². The Kier molecular flexibility index (Phi) is 5.76. The molecule has 1 aromatic carbocycles. The van der Waals surface area contributed by atoms with Crippen molar-refractivity contribution in [3.63, 3.8) is 0 Å². The third-order valence-corrected chi connectivity index (χ3v) is 3.63. The van der Waals surface area contributed by atoms with Crippen LogP contribution in [0.5, 0.6) is 0 Å². The predicted octanol–water partition coefficient (Wildman–Crippen LogP) is 4.05. The van der Waals surface area contributed by atoms with Crippen molar-refractivity contribution in [2.45, 2.75) is 33.2 Å². The normalized spacial score (nSPS) is 10.6. The van der Waals surface area contributed by atoms with E-state index in [1.165, 1.54) is 17.7 Å². The molecule has 1 aromatic heterocycles. The maximum atomic E-state index is 4.81. The maximum Gasteiger partial charge on any atom is 0.133 e. The number of anilines is 2. The highest BCUT2D eigenvalue weighted by Crippen LogP contribution is 2.25. The number of nitrogens with one attached hydrogen (secondary N) is 1. The molecule has 0 radical (unpaired) electrons. The van der Waals surface area contributed by atoms with Gasteiger partial charge in [-0.15, -0.1) is 0 Å². The van der Waals surface area contributed by atoms with Crippen molar-refractivity contribution in [1.29, 1.82) is 0 Å². The first-order valence-corrected chi connectivity index (χ1v) is 7.70. The standard InChI is InChI=1S/C18H25N3/c1-4-5-13-21(17-9-7-6-8-10-17)18-12-11-16(14-19-3)15(2)20-18/h6-12,19H,4-5,13-14H2,1-3H3. The SMILES string of the molecule is CCCCN(c1ccccc1)c1ccc(CNC)c(C)n1. The number of hydrogen-bond donors (Lipinski definition) is 1. The monoisotopic (exact) mass is 283 g/mol. The minimum atomic E-state index is 0.861. The van der Waals surface area contributed by atoms with E-state index in [9.17, 15) is 0 Å². The molecular formula is C18H25N3. The van der Waals surface area contributed by atoms with Crippen LogP contribution in [-0.2, 0) is 6.54 Å². The van der Waals surface area contributed by atoms with E-state index in [4.69, 9.17) is 4.98 Å². The fourth-order valence-corrected chi connectivity index (χ4v) is 2.40. The van der Waals surface area contributed by atoms with Crippen molar-refractivity contribution in [3.05, 3.63) is 53.7 Å². The van der Waals surface area contributed by atoms with E-state index in [1.54, 1.807) is 0 Å². The number of hydrogen-bond acceptors (Lipinski definition) is 3. The van der Waals surface area contributed by atoms with Gasteiger partial charge in [-0.2, -0.15) is 0 Å². The van der Waals surface area contributed by atoms with Gasteiger partial charge in [0.2, 0.25) is 0 Å². The van der Waals surface area contributed by atoms with E-state index < -0.39 is 0 Å². The number of pyridine rings is 1. The van der Waals surface area contributed by atoms with E-state index in [1.807, 2.05) is 7.05 Å². The second-order valence-corrected chi connectivity index (χ2v) is 5.29. The molecule has 3 heteroatoms. The summed E-state index contributed by atoms with van der Waals surface area (Å²) in [5.41, 5.74) is 3.56. The summed E-state index contributed by atoms with van der Waals surface area (Å²) in [6, 6.07) is 14.8. The van der Waals surface area contributed by atoms with Gasteiger partial charge in [-0.05, 0) is 44.2 Å². The van der Waals surface area contributed by atoms with E-state index >= 15 is 0 Å². The molecule has 21 heavy (non-hydrogen) atoms. The molecule has 112 valence electrons. The molecule has 0 saturated heterocycles. The fraction of sp³-hybridized carbons (Fsp3) is 0.389. The molecule has 0 bridgehead atoms. The first-order valence-electron chi connectivity index (χ1n) is 7.70. The molecule has 0 amide bonds. The Balaban J connectivity index is 2.30. The second kappa shape index (κ2) is 7.79. The van der Waals surface area contributed by atoms with Gasteiger partial charge in [0.25, 0.3) is 0 Å². The van der Waals surface area contributed by atoms with Gasteiger partial charge in [-0.25, -0.2) is 4.98 Å². The number of aryl methyl sites for hydroxylation is 1. The van der Waals surface area contributed by atoms with E-state index in [0.29, 0.717) is 0 Å². The molecule has 1 N–H and O–H groups in total. The van der Waals surface area contributed by atoms with Gasteiger partial charge < -0.3 is 10.2 Å². The van der Waals surface area contributed by atoms with Crippen molar-refractivity contribution in [3.8, 4) is 0 Å². The second-order valence-electron chi connectivity index (χ2n) is 5.29. The number of para-hydroxylation sites is 1. The van der Waals surface area contributed by atoms with Crippen molar-refractivity contribution >= 4 is 11.5 Å². The summed E-state index contributed by atoms with van der Waals surface area (Å²) in [5, 5.41) is 3.19. The lowest BCUT2D eigenvalue weighted by molar-refractivity contribution is 0.773. The zero-order chi connectivity index (χ0) is 15.1. The van der Waals surface area contributed by atoms with Crippen LogP contribution in [0.25, 0.3) is 0 Å². The summed E-state index contributed by atoms with van der Waals surface area (Å²) in [6.07, 6.45) is 2.34. The summed E-state index contributed by atoms with van der Waals surface area (Å²) in [7, 11) is 1.96. The quantitative estimate of drug-likeness (QED) is 0.831. The first-order chi connectivity index (χ1) is 10.3. The molecule has 0 fully saturated rings. The van der Waals surface area contributed by atoms with Crippen molar-refractivity contribution in [2.75, 3.05) is 18.5 Å². The molecule has 0 aliphatic carbocycles. The molecule has 0 aliphatic heterocycles. The highest BCUT2D eigenvalue weighted by Gasteiger charge is 2.11. The molecule has 0 aliphatic rings. The number of aromatic nitrogens is 1. The highest BCUT2D eigenvalue weighted by atomic mass is 15.2. The Morgan fingerprint density at radius 3 is 2.48 bits per heavy atom. The lowest BCUT2D eigenvalue weighted by Crippen LogP contribution is -2.20. The molecule has 0 saturated carbocycles. The minimum absolute atomic E-state index is 0.861. The van der Waals surface area contributed by atoms with Gasteiger partial charge in [0.05, 0.1) is 0 Å². The van der Waals surface area contributed by atoms with Crippen LogP contribution in [0.4, 0.5) is 11.5 Å². The third-order valence-electron chi connectivity index (χ3n) is 3.63. The summed E-state index contributed by atoms with van der Waals surface area (Å²) in [4.78, 5) is 7.11. The van der Waals surface area contributed by atoms with Gasteiger partial charge in [-0.3, -0.25) is 0 Å². The van der Waals surface area contributed by atoms with E-state index in [2.05, 4.69) is 66.5 Å². The van der Waals surface area contributed by atoms with Crippen LogP contribution in [-0.4, -0.2) is 18.6 Å². The van der Waals surface area contributed by atoms with Crippen molar-refractivity contribution in [2.24, 2.45) is 0 Å². The largest absolute Gasteiger partial charge is 0.326 e. The van der Waals surface area contributed by atoms with Crippen LogP contribution in [0.15, 0.2) is 42.5 Å². The Morgan fingerprint density at radius 1 is 1.10 bits per heavy atom. The molecule has 0 atom stereocenters. The molecule has 1 heterocycles. The maximum absolute atomic E-state index is 4.81. The highest BCUT2D eigenvalue weighted by molar-refractivity contribution is 5.60. The average Bonchev–Trinajstić information content (AvgIpc) is 2.51. The van der Waals surface area contributed by atoms with Crippen LogP contribution in [0.2, 0.25) is 0 Å². The number of nitrogens with zero attached hydrogens (tertiary/aromatic N) is 2. The Hall–Kier alpha value is -1.87. The Morgan fingerprint density at radius 2 is 1.86 bits per heavy atom. The minimum Gasteiger partial charge on any atom is -0.326 e. The third kappa shape index (κ3) is 4.05. The molecule has 3 nitrogen and oxygen atoms in total. The fourth-order valence-electron chi connectivity index (χ4n) is 2.40. The number of unbranched alkanes of at least 4 members (excludes halogenated alkanes) is 1. The molecular weight excluding hydrogens is 258 g/mol. The molecule has 2 rings (SSSR count). The molecule has 0 spiro atoms. The summed E-state index contributed by atoms with van der Waals surface area (Å²) in [6.45, 7) is 6.16. The topological polar surface area (TPSA) is 28.2 Å². The van der Waals surface area contributed by atoms with Gasteiger partial charge in [0, 0.05) is 24.5 Å². The zero-order valence-electron chi connectivity index (χ0n) is 13.3. The van der Waals surface area contributed by atoms with Crippen molar-refractivity contribution in [1.82, 2.24) is 10.3 Å². The lowest BCUT2D eigenvalue weighted by atomic mass is 10.2. The van der Waals surface area contributed by atoms with Gasteiger partial charge in [-0.1, -0.05) is 37.6 Å². The summed E-state index contributed by atoms with van der Waals surface area (Å²) >= 11 is 0. The van der Waals surface area contributed by atoms with Crippen LogP contribution in [0.1, 0.15) is 31.0 Å². The van der Waals surface area contributed by atoms with Gasteiger partial charge in [0.1, 0.15) is 5.82 Å². The van der Waals surface area contributed by atoms with Gasteiger partial charge >= 0.3 is 0 Å². The van der Waals surface area contributed by atoms with Gasteiger partial charge in [0.15, 0.2) is 0 Å². The summed E-state index contributed by atoms with van der Waals surface area (Å²) in [5.74, 6) is 1.03. The van der Waals surface area contributed by atoms with Crippen LogP contribution in [0, 0.1) is 6.92 Å². The van der Waals surface area contributed by atoms with Crippen LogP contribution >= 0.6 is 0 Å². The average molecular weight is 283 g/mol. The number of benzene rings is 1. The Labute approximate surface area is 128 Å². The molecule has 2 aromatic rings. The van der Waals surface area contributed by atoms with E-state index in [0.717, 1.165) is 31.0 Å². The Bertz CT molecular complexity index is 552. The smallest absolute Gasteiger partial charge is 0.133 e.